The van der Waals surface area contributed by atoms with Crippen LogP contribution >= 0.6 is 0 Å². The van der Waals surface area contributed by atoms with Gasteiger partial charge in [-0.1, -0.05) is 0 Å². The largest absolute Gasteiger partial charge is 0.481 e. The van der Waals surface area contributed by atoms with Crippen molar-refractivity contribution in [2.75, 3.05) is 0 Å². The lowest BCUT2D eigenvalue weighted by molar-refractivity contribution is -0.141. The zero-order valence-corrected chi connectivity index (χ0v) is 8.04. The Morgan fingerprint density at radius 3 is 2.53 bits per heavy atom. The third-order valence-electron chi connectivity index (χ3n) is 2.07. The lowest BCUT2D eigenvalue weighted by Gasteiger charge is -2.12. The highest BCUT2D eigenvalue weighted by atomic mass is 19.4. The van der Waals surface area contributed by atoms with Crippen LogP contribution in [0.1, 0.15) is 24.1 Å². The predicted octanol–water partition coefficient (Wildman–Crippen LogP) is 1.63. The molecule has 0 spiro atoms. The fourth-order valence-electron chi connectivity index (χ4n) is 1.30. The maximum Gasteiger partial charge on any atom is 0.419 e. The number of carboxylic acids is 1. The van der Waals surface area contributed by atoms with Crippen LogP contribution in [0.4, 0.5) is 13.2 Å². The molecular formula is C8H9F3N2O2. The second-order valence-corrected chi connectivity index (χ2v) is 3.12. The van der Waals surface area contributed by atoms with Gasteiger partial charge < -0.3 is 5.11 Å². The quantitative estimate of drug-likeness (QED) is 0.827. The van der Waals surface area contributed by atoms with Crippen LogP contribution in [-0.2, 0) is 18.0 Å². The van der Waals surface area contributed by atoms with Crippen molar-refractivity contribution < 1.29 is 23.1 Å². The molecule has 1 unspecified atom stereocenters. The van der Waals surface area contributed by atoms with Gasteiger partial charge in [-0.25, -0.2) is 0 Å². The highest BCUT2D eigenvalue weighted by Crippen LogP contribution is 2.34. The topological polar surface area (TPSA) is 55.1 Å². The number of aryl methyl sites for hydroxylation is 1. The number of hydrogen-bond acceptors (Lipinski definition) is 2. The fourth-order valence-corrected chi connectivity index (χ4v) is 1.30. The van der Waals surface area contributed by atoms with Gasteiger partial charge in [0, 0.05) is 7.05 Å². The average molecular weight is 222 g/mol. The van der Waals surface area contributed by atoms with Gasteiger partial charge in [0.2, 0.25) is 0 Å². The Hall–Kier alpha value is -1.53. The molecule has 0 amide bonds. The number of aromatic nitrogens is 2. The third kappa shape index (κ3) is 2.11. The number of hydrogen-bond donors (Lipinski definition) is 1. The molecule has 1 rings (SSSR count). The Labute approximate surface area is 83.3 Å². The minimum Gasteiger partial charge on any atom is -0.481 e. The predicted molar refractivity (Wildman–Crippen MR) is 44.3 cm³/mol. The van der Waals surface area contributed by atoms with E-state index in [0.717, 1.165) is 4.68 Å². The summed E-state index contributed by atoms with van der Waals surface area (Å²) in [5.74, 6) is -2.56. The molecule has 1 aromatic rings. The number of carboxylic acid groups (broad SMARTS) is 1. The lowest BCUT2D eigenvalue weighted by atomic mass is 10.0. The molecule has 0 bridgehead atoms. The van der Waals surface area contributed by atoms with Gasteiger partial charge in [0.05, 0.1) is 23.4 Å². The van der Waals surface area contributed by atoms with Gasteiger partial charge in [0.15, 0.2) is 0 Å². The monoisotopic (exact) mass is 222 g/mol. The van der Waals surface area contributed by atoms with E-state index in [2.05, 4.69) is 5.10 Å². The van der Waals surface area contributed by atoms with E-state index in [1.54, 1.807) is 0 Å². The molecule has 0 saturated carbocycles. The van der Waals surface area contributed by atoms with E-state index < -0.39 is 23.6 Å². The lowest BCUT2D eigenvalue weighted by Crippen LogP contribution is -2.17. The maximum absolute atomic E-state index is 12.4. The summed E-state index contributed by atoms with van der Waals surface area (Å²) in [7, 11) is 1.28. The van der Waals surface area contributed by atoms with Crippen LogP contribution in [0.25, 0.3) is 0 Å². The van der Waals surface area contributed by atoms with Gasteiger partial charge in [0.1, 0.15) is 0 Å². The van der Waals surface area contributed by atoms with Crippen LogP contribution in [-0.4, -0.2) is 20.9 Å². The summed E-state index contributed by atoms with van der Waals surface area (Å²) in [5.41, 5.74) is -1.34. The summed E-state index contributed by atoms with van der Waals surface area (Å²) in [4.78, 5) is 10.6. The van der Waals surface area contributed by atoms with E-state index >= 15 is 0 Å². The van der Waals surface area contributed by atoms with Crippen molar-refractivity contribution in [2.45, 2.75) is 19.0 Å². The van der Waals surface area contributed by atoms with Crippen molar-refractivity contribution in [3.8, 4) is 0 Å². The van der Waals surface area contributed by atoms with Crippen molar-refractivity contribution in [1.29, 1.82) is 0 Å². The Morgan fingerprint density at radius 2 is 2.13 bits per heavy atom. The van der Waals surface area contributed by atoms with E-state index in [1.807, 2.05) is 0 Å². The van der Waals surface area contributed by atoms with Gasteiger partial charge in [-0.15, -0.1) is 0 Å². The van der Waals surface area contributed by atoms with Gasteiger partial charge in [0.25, 0.3) is 0 Å². The highest BCUT2D eigenvalue weighted by molar-refractivity contribution is 5.75. The molecule has 7 heteroatoms. The third-order valence-corrected chi connectivity index (χ3v) is 2.07. The first-order valence-electron chi connectivity index (χ1n) is 4.07. The number of rotatable bonds is 2. The first-order chi connectivity index (χ1) is 6.75. The average Bonchev–Trinajstić information content (AvgIpc) is 2.44. The number of carbonyl (C=O) groups is 1. The molecule has 0 fully saturated rings. The van der Waals surface area contributed by atoms with Gasteiger partial charge >= 0.3 is 12.1 Å². The van der Waals surface area contributed by atoms with Crippen molar-refractivity contribution in [3.63, 3.8) is 0 Å². The van der Waals surface area contributed by atoms with Gasteiger partial charge in [-0.05, 0) is 6.92 Å². The summed E-state index contributed by atoms with van der Waals surface area (Å²) in [6.45, 7) is 1.19. The van der Waals surface area contributed by atoms with Crippen molar-refractivity contribution >= 4 is 5.97 Å². The molecular weight excluding hydrogens is 213 g/mol. The molecule has 0 aromatic carbocycles. The zero-order valence-electron chi connectivity index (χ0n) is 8.04. The van der Waals surface area contributed by atoms with Crippen molar-refractivity contribution in [3.05, 3.63) is 17.5 Å². The molecule has 0 aliphatic heterocycles. The van der Waals surface area contributed by atoms with Gasteiger partial charge in [-0.3, -0.25) is 9.48 Å². The summed E-state index contributed by atoms with van der Waals surface area (Å²) in [6, 6.07) is 0. The highest BCUT2D eigenvalue weighted by Gasteiger charge is 2.38. The van der Waals surface area contributed by atoms with Crippen LogP contribution < -0.4 is 0 Å². The molecule has 1 N–H and O–H groups in total. The number of halogens is 3. The molecule has 1 heterocycles. The van der Waals surface area contributed by atoms with Crippen LogP contribution in [0.3, 0.4) is 0 Å². The Bertz CT molecular complexity index is 384. The van der Waals surface area contributed by atoms with E-state index in [4.69, 9.17) is 5.11 Å². The molecule has 0 radical (unpaired) electrons. The van der Waals surface area contributed by atoms with E-state index in [1.165, 1.54) is 14.0 Å². The number of aliphatic carboxylic acids is 1. The van der Waals surface area contributed by atoms with Crippen molar-refractivity contribution in [2.24, 2.45) is 7.05 Å². The number of nitrogens with zero attached hydrogens (tertiary/aromatic N) is 2. The normalized spacial score (nSPS) is 13.9. The van der Waals surface area contributed by atoms with E-state index in [0.29, 0.717) is 6.20 Å². The maximum atomic E-state index is 12.4. The van der Waals surface area contributed by atoms with Crippen LogP contribution in [0.5, 0.6) is 0 Å². The molecule has 0 aliphatic rings. The second-order valence-electron chi connectivity index (χ2n) is 3.12. The molecule has 1 aromatic heterocycles. The molecule has 15 heavy (non-hydrogen) atoms. The molecule has 1 atom stereocenters. The van der Waals surface area contributed by atoms with Crippen LogP contribution in [0.2, 0.25) is 0 Å². The number of alkyl halides is 3. The molecule has 4 nitrogen and oxygen atoms in total. The summed E-state index contributed by atoms with van der Waals surface area (Å²) in [5, 5.41) is 12.1. The summed E-state index contributed by atoms with van der Waals surface area (Å²) < 4.78 is 38.2. The van der Waals surface area contributed by atoms with E-state index in [9.17, 15) is 18.0 Å². The summed E-state index contributed by atoms with van der Waals surface area (Å²) in [6.07, 6.45) is -3.94. The minimum atomic E-state index is -4.58. The fraction of sp³-hybridized carbons (Fsp3) is 0.500. The Balaban J connectivity index is 3.27. The molecule has 84 valence electrons. The standard InChI is InChI=1S/C8H9F3N2O2/c1-4(7(14)15)6-5(8(9,10)11)3-12-13(6)2/h3-4H,1-2H3,(H,14,15). The summed E-state index contributed by atoms with van der Waals surface area (Å²) >= 11 is 0. The Morgan fingerprint density at radius 1 is 1.60 bits per heavy atom. The first-order valence-corrected chi connectivity index (χ1v) is 4.07. The minimum absolute atomic E-state index is 0.338. The van der Waals surface area contributed by atoms with Crippen LogP contribution in [0, 0.1) is 0 Å². The SMILES string of the molecule is CC(C(=O)O)c1c(C(F)(F)F)cnn1C. The van der Waals surface area contributed by atoms with Crippen LogP contribution in [0.15, 0.2) is 6.20 Å². The molecule has 0 aliphatic carbocycles. The van der Waals surface area contributed by atoms with Gasteiger partial charge in [-0.2, -0.15) is 18.3 Å². The Kier molecular flexibility index (Phi) is 2.74. The second kappa shape index (κ2) is 3.56. The van der Waals surface area contributed by atoms with E-state index in [-0.39, 0.29) is 5.69 Å². The smallest absolute Gasteiger partial charge is 0.419 e. The zero-order chi connectivity index (χ0) is 11.8. The molecule has 0 saturated heterocycles. The van der Waals surface area contributed by atoms with Crippen molar-refractivity contribution in [1.82, 2.24) is 9.78 Å². The first kappa shape index (κ1) is 11.5.